The van der Waals surface area contributed by atoms with Crippen LogP contribution in [0.5, 0.6) is 5.75 Å². The van der Waals surface area contributed by atoms with Gasteiger partial charge in [-0.25, -0.2) is 0 Å². The fourth-order valence-electron chi connectivity index (χ4n) is 2.02. The normalized spacial score (nSPS) is 11.4. The van der Waals surface area contributed by atoms with Gasteiger partial charge in [0.2, 0.25) is 5.91 Å². The van der Waals surface area contributed by atoms with E-state index in [1.165, 1.54) is 0 Å². The molecule has 0 aromatic heterocycles. The van der Waals surface area contributed by atoms with E-state index < -0.39 is 0 Å². The van der Waals surface area contributed by atoms with Crippen LogP contribution >= 0.6 is 35.6 Å². The number of nitrogens with zero attached hydrogens (tertiary/aromatic N) is 2. The second-order valence-corrected chi connectivity index (χ2v) is 6.81. The summed E-state index contributed by atoms with van der Waals surface area (Å²) in [4.78, 5) is 17.9. The standard InChI is InChI=1S/C17H27ClN4O2.HI/c1-17(2,3)21-15(23)12-22(5)16(19-4)20-10-11-24-14-9-7-6-8-13(14)18;/h6-9H,10-12H2,1-5H3,(H,19,20)(H,21,23);1H. The molecule has 0 aliphatic rings. The zero-order chi connectivity index (χ0) is 18.2. The van der Waals surface area contributed by atoms with Crippen molar-refractivity contribution in [2.75, 3.05) is 33.8 Å². The molecule has 0 saturated carbocycles. The quantitative estimate of drug-likeness (QED) is 0.283. The maximum atomic E-state index is 12.0. The molecule has 0 aliphatic heterocycles. The zero-order valence-corrected chi connectivity index (χ0v) is 18.5. The number of amides is 1. The number of nitrogens with one attached hydrogen (secondary N) is 2. The number of hydrogen-bond acceptors (Lipinski definition) is 3. The van der Waals surface area contributed by atoms with E-state index in [0.717, 1.165) is 0 Å². The summed E-state index contributed by atoms with van der Waals surface area (Å²) in [6.45, 7) is 7.05. The Kier molecular flexibility index (Phi) is 10.8. The molecule has 8 heteroatoms. The number of halogens is 2. The van der Waals surface area contributed by atoms with Crippen LogP contribution < -0.4 is 15.4 Å². The average molecular weight is 483 g/mol. The third-order valence-electron chi connectivity index (χ3n) is 2.95. The monoisotopic (exact) mass is 482 g/mol. The van der Waals surface area contributed by atoms with Gasteiger partial charge in [0, 0.05) is 19.6 Å². The van der Waals surface area contributed by atoms with Crippen molar-refractivity contribution in [1.82, 2.24) is 15.5 Å². The van der Waals surface area contributed by atoms with Gasteiger partial charge in [-0.05, 0) is 32.9 Å². The van der Waals surface area contributed by atoms with Crippen molar-refractivity contribution in [3.8, 4) is 5.75 Å². The third kappa shape index (κ3) is 9.74. The van der Waals surface area contributed by atoms with E-state index in [0.29, 0.717) is 29.9 Å². The molecule has 1 rings (SSSR count). The Morgan fingerprint density at radius 3 is 2.52 bits per heavy atom. The molecule has 0 aliphatic carbocycles. The van der Waals surface area contributed by atoms with Crippen molar-refractivity contribution in [2.45, 2.75) is 26.3 Å². The predicted molar refractivity (Wildman–Crippen MR) is 114 cm³/mol. The maximum Gasteiger partial charge on any atom is 0.240 e. The highest BCUT2D eigenvalue weighted by Gasteiger charge is 2.16. The highest BCUT2D eigenvalue weighted by Crippen LogP contribution is 2.22. The molecule has 142 valence electrons. The molecule has 0 fully saturated rings. The number of para-hydroxylation sites is 1. The molecular formula is C17H28ClIN4O2. The van der Waals surface area contributed by atoms with E-state index in [2.05, 4.69) is 15.6 Å². The molecule has 0 saturated heterocycles. The van der Waals surface area contributed by atoms with E-state index in [4.69, 9.17) is 16.3 Å². The second-order valence-electron chi connectivity index (χ2n) is 6.41. The van der Waals surface area contributed by atoms with E-state index in [1.807, 2.05) is 46.0 Å². The number of rotatable bonds is 6. The van der Waals surface area contributed by atoms with Gasteiger partial charge in [0.25, 0.3) is 0 Å². The molecule has 0 radical (unpaired) electrons. The smallest absolute Gasteiger partial charge is 0.240 e. The largest absolute Gasteiger partial charge is 0.490 e. The van der Waals surface area contributed by atoms with E-state index >= 15 is 0 Å². The molecule has 2 N–H and O–H groups in total. The molecule has 1 amide bonds. The van der Waals surface area contributed by atoms with Crippen molar-refractivity contribution in [3.63, 3.8) is 0 Å². The summed E-state index contributed by atoms with van der Waals surface area (Å²) in [5.74, 6) is 1.22. The van der Waals surface area contributed by atoms with Gasteiger partial charge in [-0.3, -0.25) is 9.79 Å². The van der Waals surface area contributed by atoms with Gasteiger partial charge >= 0.3 is 0 Å². The lowest BCUT2D eigenvalue weighted by molar-refractivity contribution is -0.122. The Labute approximate surface area is 172 Å². The first kappa shape index (κ1) is 23.8. The fourth-order valence-corrected chi connectivity index (χ4v) is 2.21. The van der Waals surface area contributed by atoms with Gasteiger partial charge in [-0.15, -0.1) is 24.0 Å². The molecule has 0 unspecified atom stereocenters. The topological polar surface area (TPSA) is 66.0 Å². The van der Waals surface area contributed by atoms with E-state index in [9.17, 15) is 4.79 Å². The highest BCUT2D eigenvalue weighted by molar-refractivity contribution is 14.0. The van der Waals surface area contributed by atoms with Crippen molar-refractivity contribution in [2.24, 2.45) is 4.99 Å². The van der Waals surface area contributed by atoms with Crippen LogP contribution in [0.2, 0.25) is 5.02 Å². The minimum atomic E-state index is -0.252. The van der Waals surface area contributed by atoms with Crippen molar-refractivity contribution < 1.29 is 9.53 Å². The Hall–Kier alpha value is -1.22. The van der Waals surface area contributed by atoms with Crippen molar-refractivity contribution in [1.29, 1.82) is 0 Å². The number of benzene rings is 1. The number of carbonyl (C=O) groups is 1. The Balaban J connectivity index is 0.00000576. The first-order valence-corrected chi connectivity index (χ1v) is 8.21. The lowest BCUT2D eigenvalue weighted by Gasteiger charge is -2.25. The van der Waals surface area contributed by atoms with Gasteiger partial charge in [0.05, 0.1) is 18.1 Å². The van der Waals surface area contributed by atoms with Crippen LogP contribution in [0, 0.1) is 0 Å². The van der Waals surface area contributed by atoms with Crippen LogP contribution in [0.15, 0.2) is 29.3 Å². The highest BCUT2D eigenvalue weighted by atomic mass is 127. The molecule has 6 nitrogen and oxygen atoms in total. The number of guanidine groups is 1. The van der Waals surface area contributed by atoms with Crippen molar-refractivity contribution in [3.05, 3.63) is 29.3 Å². The molecule has 0 atom stereocenters. The Bertz CT molecular complexity index is 576. The molecule has 25 heavy (non-hydrogen) atoms. The van der Waals surface area contributed by atoms with Gasteiger partial charge in [0.1, 0.15) is 12.4 Å². The number of ether oxygens (including phenoxy) is 1. The lowest BCUT2D eigenvalue weighted by atomic mass is 10.1. The molecular weight excluding hydrogens is 455 g/mol. The summed E-state index contributed by atoms with van der Waals surface area (Å²) in [5, 5.41) is 6.66. The van der Waals surface area contributed by atoms with Crippen LogP contribution in [0.25, 0.3) is 0 Å². The van der Waals surface area contributed by atoms with Crippen LogP contribution in [-0.4, -0.2) is 56.1 Å². The fraction of sp³-hybridized carbons (Fsp3) is 0.529. The lowest BCUT2D eigenvalue weighted by Crippen LogP contribution is -2.49. The average Bonchev–Trinajstić information content (AvgIpc) is 2.46. The number of likely N-dealkylation sites (N-methyl/N-ethyl adjacent to an activating group) is 1. The Morgan fingerprint density at radius 1 is 1.32 bits per heavy atom. The summed E-state index contributed by atoms with van der Waals surface area (Å²) in [6.07, 6.45) is 0. The summed E-state index contributed by atoms with van der Waals surface area (Å²) >= 11 is 6.03. The molecule has 1 aromatic rings. The van der Waals surface area contributed by atoms with Gasteiger partial charge in [0.15, 0.2) is 5.96 Å². The van der Waals surface area contributed by atoms with E-state index in [-0.39, 0.29) is 42.0 Å². The summed E-state index contributed by atoms with van der Waals surface area (Å²) < 4.78 is 5.61. The van der Waals surface area contributed by atoms with Gasteiger partial charge in [-0.1, -0.05) is 23.7 Å². The SMILES string of the molecule is CN=C(NCCOc1ccccc1Cl)N(C)CC(=O)NC(C)(C)C.I. The molecule has 0 bridgehead atoms. The third-order valence-corrected chi connectivity index (χ3v) is 3.26. The zero-order valence-electron chi connectivity index (χ0n) is 15.4. The van der Waals surface area contributed by atoms with Crippen LogP contribution in [-0.2, 0) is 4.79 Å². The number of aliphatic imine (C=N–C) groups is 1. The number of carbonyl (C=O) groups excluding carboxylic acids is 1. The Morgan fingerprint density at radius 2 is 1.96 bits per heavy atom. The second kappa shape index (κ2) is 11.4. The summed E-state index contributed by atoms with van der Waals surface area (Å²) in [5.41, 5.74) is -0.252. The first-order valence-electron chi connectivity index (χ1n) is 7.83. The predicted octanol–water partition coefficient (Wildman–Crippen LogP) is 2.76. The minimum absolute atomic E-state index is 0. The first-order chi connectivity index (χ1) is 11.2. The molecule has 0 spiro atoms. The van der Waals surface area contributed by atoms with Gasteiger partial charge < -0.3 is 20.3 Å². The van der Waals surface area contributed by atoms with Crippen LogP contribution in [0.4, 0.5) is 0 Å². The number of hydrogen-bond donors (Lipinski definition) is 2. The summed E-state index contributed by atoms with van der Waals surface area (Å²) in [6, 6.07) is 7.33. The van der Waals surface area contributed by atoms with Crippen LogP contribution in [0.3, 0.4) is 0 Å². The molecule has 1 aromatic carbocycles. The molecule has 0 heterocycles. The minimum Gasteiger partial charge on any atom is -0.490 e. The van der Waals surface area contributed by atoms with Crippen molar-refractivity contribution >= 4 is 47.4 Å². The maximum absolute atomic E-state index is 12.0. The summed E-state index contributed by atoms with van der Waals surface area (Å²) in [7, 11) is 3.49. The van der Waals surface area contributed by atoms with Gasteiger partial charge in [-0.2, -0.15) is 0 Å². The van der Waals surface area contributed by atoms with E-state index in [1.54, 1.807) is 18.0 Å². The van der Waals surface area contributed by atoms with Crippen LogP contribution in [0.1, 0.15) is 20.8 Å².